The van der Waals surface area contributed by atoms with E-state index in [2.05, 4.69) is 5.32 Å². The standard InChI is InChI=1S/C30H35ClFN3O5S/c1-5-40-27-13-11-26(12-14-27)35(41(38,39)28-15-9-25(32)10-16-28)20-29(36)34(19-23-7-6-8-24(31)17-23)22(4)30(37)33-18-21(2)3/h6-17,21-22H,5,18-20H2,1-4H3,(H,33,37)/t22-/m0/s1. The Morgan fingerprint density at radius 1 is 1.00 bits per heavy atom. The fraction of sp³-hybridized carbons (Fsp3) is 0.333. The second-order valence-electron chi connectivity index (χ2n) is 9.86. The number of hydrogen-bond acceptors (Lipinski definition) is 5. The number of halogens is 2. The summed E-state index contributed by atoms with van der Waals surface area (Å²) in [5, 5.41) is 3.30. The van der Waals surface area contributed by atoms with E-state index in [1.165, 1.54) is 17.0 Å². The molecule has 0 spiro atoms. The fourth-order valence-corrected chi connectivity index (χ4v) is 5.63. The molecule has 0 bridgehead atoms. The average molecular weight is 604 g/mol. The summed E-state index contributed by atoms with van der Waals surface area (Å²) in [7, 11) is -4.31. The quantitative estimate of drug-likeness (QED) is 0.287. The topological polar surface area (TPSA) is 96.0 Å². The van der Waals surface area contributed by atoms with Crippen molar-refractivity contribution in [3.63, 3.8) is 0 Å². The van der Waals surface area contributed by atoms with E-state index >= 15 is 0 Å². The third-order valence-electron chi connectivity index (χ3n) is 6.21. The van der Waals surface area contributed by atoms with Crippen LogP contribution in [-0.4, -0.2) is 50.9 Å². The van der Waals surface area contributed by atoms with E-state index in [-0.39, 0.29) is 29.0 Å². The van der Waals surface area contributed by atoms with E-state index in [9.17, 15) is 22.4 Å². The van der Waals surface area contributed by atoms with Crippen molar-refractivity contribution >= 4 is 39.1 Å². The lowest BCUT2D eigenvalue weighted by Crippen LogP contribution is -2.51. The number of ether oxygens (including phenoxy) is 1. The van der Waals surface area contributed by atoms with Gasteiger partial charge in [-0.3, -0.25) is 13.9 Å². The van der Waals surface area contributed by atoms with E-state index < -0.39 is 34.3 Å². The van der Waals surface area contributed by atoms with Gasteiger partial charge in [0.05, 0.1) is 17.2 Å². The molecule has 3 aromatic rings. The number of carbonyl (C=O) groups is 2. The first-order chi connectivity index (χ1) is 19.4. The summed E-state index contributed by atoms with van der Waals surface area (Å²) in [5.41, 5.74) is 0.870. The molecule has 0 saturated carbocycles. The molecule has 0 aliphatic heterocycles. The number of sulfonamides is 1. The van der Waals surface area contributed by atoms with E-state index in [1.54, 1.807) is 43.3 Å². The van der Waals surface area contributed by atoms with Gasteiger partial charge in [-0.2, -0.15) is 0 Å². The van der Waals surface area contributed by atoms with Gasteiger partial charge in [0, 0.05) is 18.1 Å². The largest absolute Gasteiger partial charge is 0.494 e. The second-order valence-corrected chi connectivity index (χ2v) is 12.2. The van der Waals surface area contributed by atoms with Crippen molar-refractivity contribution in [1.82, 2.24) is 10.2 Å². The molecule has 0 fully saturated rings. The molecule has 2 amide bonds. The molecule has 11 heteroatoms. The predicted molar refractivity (Wildman–Crippen MR) is 158 cm³/mol. The number of nitrogens with zero attached hydrogens (tertiary/aromatic N) is 2. The van der Waals surface area contributed by atoms with E-state index in [1.807, 2.05) is 20.8 Å². The van der Waals surface area contributed by atoms with Crippen LogP contribution in [0.15, 0.2) is 77.7 Å². The van der Waals surface area contributed by atoms with Crippen LogP contribution in [-0.2, 0) is 26.2 Å². The van der Waals surface area contributed by atoms with Gasteiger partial charge in [-0.1, -0.05) is 37.6 Å². The number of anilines is 1. The molecule has 0 saturated heterocycles. The van der Waals surface area contributed by atoms with Gasteiger partial charge in [-0.05, 0) is 86.0 Å². The first-order valence-electron chi connectivity index (χ1n) is 13.2. The van der Waals surface area contributed by atoms with Crippen molar-refractivity contribution in [2.45, 2.75) is 45.2 Å². The molecule has 0 aliphatic rings. The fourth-order valence-electron chi connectivity index (χ4n) is 4.00. The molecule has 0 aliphatic carbocycles. The highest BCUT2D eigenvalue weighted by molar-refractivity contribution is 7.92. The van der Waals surface area contributed by atoms with Crippen molar-refractivity contribution in [1.29, 1.82) is 0 Å². The SMILES string of the molecule is CCOc1ccc(N(CC(=O)N(Cc2cccc(Cl)c2)[C@@H](C)C(=O)NCC(C)C)S(=O)(=O)c2ccc(F)cc2)cc1. The monoisotopic (exact) mass is 603 g/mol. The highest BCUT2D eigenvalue weighted by Gasteiger charge is 2.32. The van der Waals surface area contributed by atoms with E-state index in [0.717, 1.165) is 28.6 Å². The van der Waals surface area contributed by atoms with Gasteiger partial charge in [0.2, 0.25) is 11.8 Å². The second kappa shape index (κ2) is 14.3. The lowest BCUT2D eigenvalue weighted by molar-refractivity contribution is -0.139. The van der Waals surface area contributed by atoms with Crippen molar-refractivity contribution in [3.05, 3.63) is 89.2 Å². The summed E-state index contributed by atoms with van der Waals surface area (Å²) in [4.78, 5) is 28.1. The molecular weight excluding hydrogens is 569 g/mol. The Hall–Kier alpha value is -3.63. The van der Waals surface area contributed by atoms with Crippen LogP contribution >= 0.6 is 11.6 Å². The molecular formula is C30H35ClFN3O5S. The van der Waals surface area contributed by atoms with E-state index in [0.29, 0.717) is 29.5 Å². The minimum atomic E-state index is -4.31. The van der Waals surface area contributed by atoms with Crippen molar-refractivity contribution < 1.29 is 27.1 Å². The number of amides is 2. The smallest absolute Gasteiger partial charge is 0.264 e. The highest BCUT2D eigenvalue weighted by Crippen LogP contribution is 2.27. The molecule has 0 unspecified atom stereocenters. The number of carbonyl (C=O) groups excluding carboxylic acids is 2. The van der Waals surface area contributed by atoms with Crippen LogP contribution in [0.5, 0.6) is 5.75 Å². The maximum atomic E-state index is 13.9. The lowest BCUT2D eigenvalue weighted by Gasteiger charge is -2.32. The Morgan fingerprint density at radius 2 is 1.66 bits per heavy atom. The van der Waals surface area contributed by atoms with Gasteiger partial charge in [0.15, 0.2) is 0 Å². The van der Waals surface area contributed by atoms with Crippen LogP contribution in [0, 0.1) is 11.7 Å². The molecule has 3 rings (SSSR count). The Kier molecular flexibility index (Phi) is 11.1. The molecule has 0 heterocycles. The third-order valence-corrected chi connectivity index (χ3v) is 8.23. The lowest BCUT2D eigenvalue weighted by atomic mass is 10.1. The molecule has 3 aromatic carbocycles. The highest BCUT2D eigenvalue weighted by atomic mass is 35.5. The van der Waals surface area contributed by atoms with Crippen molar-refractivity contribution in [2.75, 3.05) is 24.0 Å². The summed E-state index contributed by atoms with van der Waals surface area (Å²) in [6, 6.07) is 16.6. The average Bonchev–Trinajstić information content (AvgIpc) is 2.93. The van der Waals surface area contributed by atoms with Crippen LogP contribution < -0.4 is 14.4 Å². The molecule has 220 valence electrons. The molecule has 0 radical (unpaired) electrons. The molecule has 8 nitrogen and oxygen atoms in total. The third kappa shape index (κ3) is 8.68. The maximum Gasteiger partial charge on any atom is 0.264 e. The van der Waals surface area contributed by atoms with Crippen LogP contribution in [0.25, 0.3) is 0 Å². The van der Waals surface area contributed by atoms with Gasteiger partial charge in [0.25, 0.3) is 10.0 Å². The Bertz CT molecular complexity index is 1430. The Labute approximate surface area is 246 Å². The Morgan fingerprint density at radius 3 is 2.24 bits per heavy atom. The van der Waals surface area contributed by atoms with Gasteiger partial charge in [-0.15, -0.1) is 0 Å². The van der Waals surface area contributed by atoms with Crippen LogP contribution in [0.1, 0.15) is 33.3 Å². The van der Waals surface area contributed by atoms with E-state index in [4.69, 9.17) is 16.3 Å². The molecule has 41 heavy (non-hydrogen) atoms. The number of nitrogens with one attached hydrogen (secondary N) is 1. The predicted octanol–water partition coefficient (Wildman–Crippen LogP) is 5.26. The van der Waals surface area contributed by atoms with Crippen molar-refractivity contribution in [3.8, 4) is 5.75 Å². The molecule has 1 N–H and O–H groups in total. The summed E-state index contributed by atoms with van der Waals surface area (Å²) < 4.78 is 47.6. The summed E-state index contributed by atoms with van der Waals surface area (Å²) in [5.74, 6) is -0.861. The Balaban J connectivity index is 2.02. The normalized spacial score (nSPS) is 12.1. The minimum absolute atomic E-state index is 0.0172. The van der Waals surface area contributed by atoms with Crippen molar-refractivity contribution in [2.24, 2.45) is 5.92 Å². The van der Waals surface area contributed by atoms with Gasteiger partial charge >= 0.3 is 0 Å². The number of hydrogen-bond donors (Lipinski definition) is 1. The van der Waals surface area contributed by atoms with Gasteiger partial charge < -0.3 is 15.0 Å². The minimum Gasteiger partial charge on any atom is -0.494 e. The maximum absolute atomic E-state index is 13.9. The zero-order valence-electron chi connectivity index (χ0n) is 23.5. The van der Waals surface area contributed by atoms with Gasteiger partial charge in [0.1, 0.15) is 24.2 Å². The van der Waals surface area contributed by atoms with Crippen LogP contribution in [0.2, 0.25) is 5.02 Å². The van der Waals surface area contributed by atoms with Gasteiger partial charge in [-0.25, -0.2) is 12.8 Å². The van der Waals surface area contributed by atoms with Crippen LogP contribution in [0.4, 0.5) is 10.1 Å². The number of rotatable bonds is 13. The molecule has 1 atom stereocenters. The summed E-state index contributed by atoms with van der Waals surface area (Å²) in [6.45, 7) is 7.56. The summed E-state index contributed by atoms with van der Waals surface area (Å²) >= 11 is 6.17. The first-order valence-corrected chi connectivity index (χ1v) is 15.1. The van der Waals surface area contributed by atoms with Crippen LogP contribution in [0.3, 0.4) is 0 Å². The summed E-state index contributed by atoms with van der Waals surface area (Å²) in [6.07, 6.45) is 0. The zero-order valence-corrected chi connectivity index (χ0v) is 25.1. The first kappa shape index (κ1) is 31.9. The zero-order chi connectivity index (χ0) is 30.2. The molecule has 0 aromatic heterocycles. The number of benzene rings is 3.